The maximum atomic E-state index is 6.53. The van der Waals surface area contributed by atoms with Crippen molar-refractivity contribution in [2.24, 2.45) is 7.05 Å². The summed E-state index contributed by atoms with van der Waals surface area (Å²) in [7, 11) is 2.15. The van der Waals surface area contributed by atoms with E-state index in [2.05, 4.69) is 139 Å². The van der Waals surface area contributed by atoms with Gasteiger partial charge in [-0.25, -0.2) is 0 Å². The molecule has 0 aliphatic heterocycles. The molecule has 0 saturated heterocycles. The number of nitrogens with zero attached hydrogens (tertiary/aromatic N) is 1. The van der Waals surface area contributed by atoms with Crippen LogP contribution in [0.3, 0.4) is 0 Å². The van der Waals surface area contributed by atoms with Crippen LogP contribution in [0.15, 0.2) is 142 Å². The van der Waals surface area contributed by atoms with Gasteiger partial charge < -0.3 is 13.4 Å². The van der Waals surface area contributed by atoms with E-state index in [-0.39, 0.29) is 0 Å². The predicted octanol–water partition coefficient (Wildman–Crippen LogP) is 11.6. The molecule has 0 unspecified atom stereocenters. The molecule has 3 aromatic heterocycles. The molecule has 3 heterocycles. The van der Waals surface area contributed by atoms with Crippen LogP contribution < -0.4 is 0 Å². The number of aromatic nitrogens is 1. The molecule has 0 saturated carbocycles. The lowest BCUT2D eigenvalue weighted by Gasteiger charge is -2.04. The summed E-state index contributed by atoms with van der Waals surface area (Å²) in [6.45, 7) is 0. The van der Waals surface area contributed by atoms with Gasteiger partial charge in [-0.2, -0.15) is 0 Å². The van der Waals surface area contributed by atoms with Gasteiger partial charge in [0, 0.05) is 50.4 Å². The summed E-state index contributed by atoms with van der Waals surface area (Å²) in [6.07, 6.45) is 0. The number of fused-ring (bicyclic) bond motifs is 10. The van der Waals surface area contributed by atoms with E-state index in [0.717, 1.165) is 60.2 Å². The van der Waals surface area contributed by atoms with Crippen LogP contribution >= 0.6 is 0 Å². The van der Waals surface area contributed by atoms with Crippen molar-refractivity contribution in [3.63, 3.8) is 0 Å². The third-order valence-electron chi connectivity index (χ3n) is 9.36. The van der Waals surface area contributed by atoms with E-state index in [9.17, 15) is 0 Å². The van der Waals surface area contributed by atoms with Crippen molar-refractivity contribution in [1.29, 1.82) is 0 Å². The number of furan rings is 2. The van der Waals surface area contributed by atoms with Gasteiger partial charge in [0.25, 0.3) is 0 Å². The first-order valence-corrected chi connectivity index (χ1v) is 15.0. The van der Waals surface area contributed by atoms with Crippen molar-refractivity contribution < 1.29 is 8.83 Å². The number of benzene rings is 7. The number of hydrogen-bond acceptors (Lipinski definition) is 2. The van der Waals surface area contributed by atoms with Gasteiger partial charge in [0.2, 0.25) is 0 Å². The minimum Gasteiger partial charge on any atom is -0.456 e. The van der Waals surface area contributed by atoms with Crippen LogP contribution in [-0.2, 0) is 7.05 Å². The summed E-state index contributed by atoms with van der Waals surface area (Å²) in [6, 6.07) is 47.6. The van der Waals surface area contributed by atoms with E-state index in [1.54, 1.807) is 0 Å². The minimum absolute atomic E-state index is 0.899. The monoisotopic (exact) mass is 563 g/mol. The van der Waals surface area contributed by atoms with Gasteiger partial charge in [-0.15, -0.1) is 0 Å². The number of hydrogen-bond donors (Lipinski definition) is 0. The summed E-state index contributed by atoms with van der Waals surface area (Å²) in [5.41, 5.74) is 10.7. The van der Waals surface area contributed by atoms with Gasteiger partial charge in [0.1, 0.15) is 22.3 Å². The Hall–Kier alpha value is -5.80. The fraction of sp³-hybridized carbons (Fsp3) is 0.0244. The van der Waals surface area contributed by atoms with Crippen LogP contribution in [0.1, 0.15) is 0 Å². The van der Waals surface area contributed by atoms with Crippen molar-refractivity contribution >= 4 is 76.5 Å². The first-order valence-electron chi connectivity index (χ1n) is 15.0. The van der Waals surface area contributed by atoms with Crippen molar-refractivity contribution in [2.45, 2.75) is 0 Å². The van der Waals surface area contributed by atoms with E-state index in [0.29, 0.717) is 0 Å². The van der Waals surface area contributed by atoms with Crippen molar-refractivity contribution in [3.05, 3.63) is 133 Å². The van der Waals surface area contributed by atoms with Gasteiger partial charge >= 0.3 is 0 Å². The van der Waals surface area contributed by atoms with E-state index < -0.39 is 0 Å². The molecule has 7 aromatic carbocycles. The Labute approximate surface area is 252 Å². The molecule has 3 nitrogen and oxygen atoms in total. The maximum absolute atomic E-state index is 6.53. The molecule has 3 heteroatoms. The molecule has 0 radical (unpaired) electrons. The van der Waals surface area contributed by atoms with Gasteiger partial charge in [-0.1, -0.05) is 78.9 Å². The first kappa shape index (κ1) is 23.7. The second-order valence-corrected chi connectivity index (χ2v) is 11.8. The Morgan fingerprint density at radius 1 is 0.364 bits per heavy atom. The summed E-state index contributed by atoms with van der Waals surface area (Å²) in [5, 5.41) is 9.25. The molecule has 0 fully saturated rings. The average Bonchev–Trinajstić information content (AvgIpc) is 3.70. The highest BCUT2D eigenvalue weighted by molar-refractivity contribution is 6.21. The Kier molecular flexibility index (Phi) is 4.65. The Morgan fingerprint density at radius 3 is 1.55 bits per heavy atom. The molecule has 0 aliphatic rings. The predicted molar refractivity (Wildman–Crippen MR) is 183 cm³/mol. The molecule has 0 amide bonds. The second kappa shape index (κ2) is 8.62. The molecule has 44 heavy (non-hydrogen) atoms. The second-order valence-electron chi connectivity index (χ2n) is 11.8. The number of rotatable bonds is 2. The molecule has 0 spiro atoms. The van der Waals surface area contributed by atoms with Crippen LogP contribution in [0.5, 0.6) is 0 Å². The van der Waals surface area contributed by atoms with Crippen LogP contribution in [0, 0.1) is 0 Å². The van der Waals surface area contributed by atoms with Gasteiger partial charge in [-0.3, -0.25) is 0 Å². The van der Waals surface area contributed by atoms with E-state index >= 15 is 0 Å². The molecule has 0 bridgehead atoms. The summed E-state index contributed by atoms with van der Waals surface area (Å²) >= 11 is 0. The lowest BCUT2D eigenvalue weighted by atomic mass is 9.99. The summed E-state index contributed by atoms with van der Waals surface area (Å²) in [4.78, 5) is 0. The molecular weight excluding hydrogens is 538 g/mol. The average molecular weight is 564 g/mol. The van der Waals surface area contributed by atoms with Crippen LogP contribution in [0.25, 0.3) is 98.7 Å². The van der Waals surface area contributed by atoms with Gasteiger partial charge in [0.05, 0.1) is 0 Å². The minimum atomic E-state index is 0.899. The highest BCUT2D eigenvalue weighted by Gasteiger charge is 2.18. The Bertz CT molecular complexity index is 2760. The van der Waals surface area contributed by atoms with Crippen molar-refractivity contribution in [2.75, 3.05) is 0 Å². The molecule has 0 atom stereocenters. The largest absolute Gasteiger partial charge is 0.456 e. The van der Waals surface area contributed by atoms with Crippen LogP contribution in [0.2, 0.25) is 0 Å². The van der Waals surface area contributed by atoms with Crippen LogP contribution in [0.4, 0.5) is 0 Å². The molecule has 206 valence electrons. The van der Waals surface area contributed by atoms with E-state index in [4.69, 9.17) is 8.83 Å². The van der Waals surface area contributed by atoms with Crippen LogP contribution in [-0.4, -0.2) is 4.57 Å². The fourth-order valence-corrected chi connectivity index (χ4v) is 7.10. The van der Waals surface area contributed by atoms with Crippen molar-refractivity contribution in [1.82, 2.24) is 4.57 Å². The third kappa shape index (κ3) is 3.32. The SMILES string of the molecule is Cn1c2cc3c(cc2c2cc4oc5cc6cc(-c7ccccc7)ccc6cc5c4cc21)oc1cc(-c2ccccc2)ccc13. The fourth-order valence-electron chi connectivity index (χ4n) is 7.10. The zero-order valence-electron chi connectivity index (χ0n) is 24.0. The molecular formula is C41H25NO2. The normalized spacial score (nSPS) is 12.2. The van der Waals surface area contributed by atoms with Gasteiger partial charge in [0.15, 0.2) is 0 Å². The summed E-state index contributed by atoms with van der Waals surface area (Å²) < 4.78 is 15.3. The molecule has 0 aliphatic carbocycles. The number of aryl methyl sites for hydroxylation is 1. The lowest BCUT2D eigenvalue weighted by Crippen LogP contribution is -1.86. The topological polar surface area (TPSA) is 31.2 Å². The maximum Gasteiger partial charge on any atom is 0.136 e. The smallest absolute Gasteiger partial charge is 0.136 e. The quantitative estimate of drug-likeness (QED) is 0.209. The third-order valence-corrected chi connectivity index (χ3v) is 9.36. The zero-order valence-corrected chi connectivity index (χ0v) is 24.0. The van der Waals surface area contributed by atoms with E-state index in [1.165, 1.54) is 38.5 Å². The molecule has 10 rings (SSSR count). The zero-order chi connectivity index (χ0) is 28.9. The van der Waals surface area contributed by atoms with Gasteiger partial charge in [-0.05, 0) is 87.6 Å². The van der Waals surface area contributed by atoms with Crippen molar-refractivity contribution in [3.8, 4) is 22.3 Å². The van der Waals surface area contributed by atoms with E-state index in [1.807, 2.05) is 6.07 Å². The first-order chi connectivity index (χ1) is 21.7. The molecule has 0 N–H and O–H groups in total. The standard InChI is InChI=1S/C41H25NO2/c1-42-36-20-34-30-15-14-28(25-10-6-3-7-11-25)18-38(30)43-40(34)22-31(36)32-23-41-35(21-37(32)42)33-17-27-13-12-26(24-8-4-2-5-9-24)16-29(27)19-39(33)44-41/h2-23H,1H3. The lowest BCUT2D eigenvalue weighted by molar-refractivity contribution is 0.669. The Morgan fingerprint density at radius 2 is 0.886 bits per heavy atom. The Balaban J connectivity index is 1.16. The highest BCUT2D eigenvalue weighted by Crippen LogP contribution is 2.41. The summed E-state index contributed by atoms with van der Waals surface area (Å²) in [5.74, 6) is 0. The molecule has 10 aromatic rings. The highest BCUT2D eigenvalue weighted by atomic mass is 16.3.